The summed E-state index contributed by atoms with van der Waals surface area (Å²) < 4.78 is 30.1. The Labute approximate surface area is 164 Å². The summed E-state index contributed by atoms with van der Waals surface area (Å²) in [4.78, 5) is 8.86. The van der Waals surface area contributed by atoms with Gasteiger partial charge in [0.15, 0.2) is 15.8 Å². The molecular formula is C20H22N4O3S. The quantitative estimate of drug-likeness (QED) is 0.469. The average molecular weight is 398 g/mol. The molecule has 0 spiro atoms. The van der Waals surface area contributed by atoms with E-state index in [1.54, 1.807) is 43.6 Å². The second kappa shape index (κ2) is 9.18. The average Bonchev–Trinajstić information content (AvgIpc) is 3.21. The van der Waals surface area contributed by atoms with E-state index >= 15 is 0 Å². The van der Waals surface area contributed by atoms with Crippen LogP contribution in [-0.2, 0) is 16.4 Å². The van der Waals surface area contributed by atoms with Crippen LogP contribution < -0.4 is 10.6 Å². The van der Waals surface area contributed by atoms with Gasteiger partial charge in [-0.1, -0.05) is 36.4 Å². The number of benzene rings is 2. The fourth-order valence-electron chi connectivity index (χ4n) is 2.55. The zero-order valence-electron chi connectivity index (χ0n) is 15.5. The van der Waals surface area contributed by atoms with Crippen molar-refractivity contribution >= 4 is 15.8 Å². The van der Waals surface area contributed by atoms with Crippen LogP contribution >= 0.6 is 0 Å². The third-order valence-corrected chi connectivity index (χ3v) is 5.73. The molecule has 1 heterocycles. The van der Waals surface area contributed by atoms with Gasteiger partial charge in [0.25, 0.3) is 0 Å². The normalized spacial score (nSPS) is 12.0. The summed E-state index contributed by atoms with van der Waals surface area (Å²) in [6, 6.07) is 18.0. The Hall–Kier alpha value is -3.13. The van der Waals surface area contributed by atoms with Gasteiger partial charge < -0.3 is 15.1 Å². The second-order valence-corrected chi connectivity index (χ2v) is 8.10. The molecule has 0 radical (unpaired) electrons. The van der Waals surface area contributed by atoms with E-state index in [2.05, 4.69) is 20.6 Å². The monoisotopic (exact) mass is 398 g/mol. The number of sulfone groups is 1. The number of nitrogens with zero attached hydrogens (tertiary/aromatic N) is 2. The molecule has 3 aromatic rings. The predicted octanol–water partition coefficient (Wildman–Crippen LogP) is 2.48. The van der Waals surface area contributed by atoms with Gasteiger partial charge in [0.2, 0.25) is 5.89 Å². The Morgan fingerprint density at radius 2 is 1.71 bits per heavy atom. The van der Waals surface area contributed by atoms with Gasteiger partial charge in [-0.05, 0) is 24.3 Å². The number of hydrogen-bond acceptors (Lipinski definition) is 5. The Kier molecular flexibility index (Phi) is 6.44. The summed E-state index contributed by atoms with van der Waals surface area (Å²) in [7, 11) is -1.71. The molecule has 0 amide bonds. The number of rotatable bonds is 7. The highest BCUT2D eigenvalue weighted by atomic mass is 32.2. The van der Waals surface area contributed by atoms with Gasteiger partial charge >= 0.3 is 0 Å². The number of oxazole rings is 1. The number of nitrogens with one attached hydrogen (secondary N) is 2. The van der Waals surface area contributed by atoms with Crippen molar-refractivity contribution in [1.29, 1.82) is 0 Å². The first kappa shape index (κ1) is 19.6. The summed E-state index contributed by atoms with van der Waals surface area (Å²) in [6.07, 6.45) is 1.59. The van der Waals surface area contributed by atoms with Crippen molar-refractivity contribution in [3.63, 3.8) is 0 Å². The lowest BCUT2D eigenvalue weighted by Crippen LogP contribution is -2.39. The van der Waals surface area contributed by atoms with Crippen molar-refractivity contribution in [2.45, 2.75) is 11.4 Å². The maximum atomic E-state index is 12.3. The predicted molar refractivity (Wildman–Crippen MR) is 109 cm³/mol. The number of aliphatic imine (C=N–C) groups is 1. The van der Waals surface area contributed by atoms with Crippen LogP contribution in [0.1, 0.15) is 5.69 Å². The zero-order valence-corrected chi connectivity index (χ0v) is 16.3. The fourth-order valence-corrected chi connectivity index (χ4v) is 3.72. The molecular weight excluding hydrogens is 376 g/mol. The molecule has 0 aliphatic rings. The standard InChI is InChI=1S/C20H22N4O3S/c1-21-20(22-12-13-28(25,26)18-10-6-3-7-11-18)23-14-17-15-27-19(24-17)16-8-4-2-5-9-16/h2-11,15H,12-14H2,1H3,(H2,21,22,23). The molecule has 0 fully saturated rings. The lowest BCUT2D eigenvalue weighted by molar-refractivity contribution is 0.572. The van der Waals surface area contributed by atoms with E-state index in [1.165, 1.54) is 0 Å². The maximum absolute atomic E-state index is 12.3. The van der Waals surface area contributed by atoms with Crippen molar-refractivity contribution < 1.29 is 12.8 Å². The molecule has 7 nitrogen and oxygen atoms in total. The molecule has 0 unspecified atom stereocenters. The van der Waals surface area contributed by atoms with Crippen LogP contribution in [0.15, 0.2) is 81.2 Å². The summed E-state index contributed by atoms with van der Waals surface area (Å²) in [6.45, 7) is 0.645. The molecule has 2 N–H and O–H groups in total. The van der Waals surface area contributed by atoms with Gasteiger partial charge in [-0.2, -0.15) is 0 Å². The van der Waals surface area contributed by atoms with Crippen LogP contribution in [0, 0.1) is 0 Å². The van der Waals surface area contributed by atoms with Crippen LogP contribution in [0.2, 0.25) is 0 Å². The number of aromatic nitrogens is 1. The molecule has 0 aliphatic carbocycles. The minimum Gasteiger partial charge on any atom is -0.444 e. The molecule has 8 heteroatoms. The summed E-state index contributed by atoms with van der Waals surface area (Å²) in [5.74, 6) is 1.02. The van der Waals surface area contributed by atoms with Crippen LogP contribution in [0.4, 0.5) is 0 Å². The van der Waals surface area contributed by atoms with E-state index in [0.717, 1.165) is 11.3 Å². The molecule has 2 aromatic carbocycles. The van der Waals surface area contributed by atoms with Gasteiger partial charge in [-0.3, -0.25) is 4.99 Å². The fraction of sp³-hybridized carbons (Fsp3) is 0.200. The molecule has 3 rings (SSSR count). The van der Waals surface area contributed by atoms with Crippen molar-refractivity contribution in [3.8, 4) is 11.5 Å². The summed E-state index contributed by atoms with van der Waals surface area (Å²) in [5.41, 5.74) is 1.63. The Morgan fingerprint density at radius 1 is 1.04 bits per heavy atom. The van der Waals surface area contributed by atoms with E-state index in [9.17, 15) is 8.42 Å². The van der Waals surface area contributed by atoms with Crippen LogP contribution in [0.3, 0.4) is 0 Å². The largest absolute Gasteiger partial charge is 0.444 e. The van der Waals surface area contributed by atoms with E-state index < -0.39 is 9.84 Å². The van der Waals surface area contributed by atoms with Crippen molar-refractivity contribution in [2.75, 3.05) is 19.3 Å². The van der Waals surface area contributed by atoms with Gasteiger partial charge in [-0.15, -0.1) is 0 Å². The molecule has 146 valence electrons. The molecule has 1 aromatic heterocycles. The van der Waals surface area contributed by atoms with Crippen molar-refractivity contribution in [2.24, 2.45) is 4.99 Å². The molecule has 28 heavy (non-hydrogen) atoms. The summed E-state index contributed by atoms with van der Waals surface area (Å²) >= 11 is 0. The highest BCUT2D eigenvalue weighted by Crippen LogP contribution is 2.17. The molecule has 0 saturated heterocycles. The smallest absolute Gasteiger partial charge is 0.226 e. The highest BCUT2D eigenvalue weighted by molar-refractivity contribution is 7.91. The van der Waals surface area contributed by atoms with Gasteiger partial charge in [-0.25, -0.2) is 13.4 Å². The number of guanidine groups is 1. The van der Waals surface area contributed by atoms with Crippen molar-refractivity contribution in [3.05, 3.63) is 72.6 Å². The highest BCUT2D eigenvalue weighted by Gasteiger charge is 2.13. The Bertz CT molecular complexity index is 1020. The molecule has 0 atom stereocenters. The lowest BCUT2D eigenvalue weighted by atomic mass is 10.2. The van der Waals surface area contributed by atoms with Crippen LogP contribution in [-0.4, -0.2) is 38.7 Å². The maximum Gasteiger partial charge on any atom is 0.226 e. The first-order valence-electron chi connectivity index (χ1n) is 8.80. The third-order valence-electron chi connectivity index (χ3n) is 4.00. The first-order valence-corrected chi connectivity index (χ1v) is 10.5. The first-order chi connectivity index (χ1) is 13.6. The zero-order chi connectivity index (χ0) is 19.8. The minimum absolute atomic E-state index is 0.0279. The second-order valence-electron chi connectivity index (χ2n) is 5.99. The molecule has 0 saturated carbocycles. The van der Waals surface area contributed by atoms with Gasteiger partial charge in [0.1, 0.15) is 6.26 Å². The molecule has 0 bridgehead atoms. The van der Waals surface area contributed by atoms with Gasteiger partial charge in [0.05, 0.1) is 22.9 Å². The van der Waals surface area contributed by atoms with E-state index in [1.807, 2.05) is 30.3 Å². The SMILES string of the molecule is CN=C(NCCS(=O)(=O)c1ccccc1)NCc1coc(-c2ccccc2)n1. The Balaban J connectivity index is 1.50. The Morgan fingerprint density at radius 3 is 2.39 bits per heavy atom. The van der Waals surface area contributed by atoms with Crippen molar-refractivity contribution in [1.82, 2.24) is 15.6 Å². The van der Waals surface area contributed by atoms with Gasteiger partial charge in [0, 0.05) is 19.2 Å². The van der Waals surface area contributed by atoms with Crippen LogP contribution in [0.25, 0.3) is 11.5 Å². The topological polar surface area (TPSA) is 96.6 Å². The van der Waals surface area contributed by atoms with E-state index in [-0.39, 0.29) is 12.3 Å². The number of hydrogen-bond donors (Lipinski definition) is 2. The minimum atomic E-state index is -3.33. The van der Waals surface area contributed by atoms with Crippen LogP contribution in [0.5, 0.6) is 0 Å². The van der Waals surface area contributed by atoms with E-state index in [0.29, 0.717) is 23.3 Å². The van der Waals surface area contributed by atoms with E-state index in [4.69, 9.17) is 4.42 Å². The lowest BCUT2D eigenvalue weighted by Gasteiger charge is -2.11. The third kappa shape index (κ3) is 5.20. The molecule has 0 aliphatic heterocycles. The summed E-state index contributed by atoms with van der Waals surface area (Å²) in [5, 5.41) is 6.10.